The highest BCUT2D eigenvalue weighted by Crippen LogP contribution is 2.41. The van der Waals surface area contributed by atoms with Crippen LogP contribution in [-0.2, 0) is 54.0 Å². The molecule has 0 saturated carbocycles. The Labute approximate surface area is 380 Å². The van der Waals surface area contributed by atoms with Crippen LogP contribution >= 0.6 is 0 Å². The first-order valence-electron chi connectivity index (χ1n) is 21.8. The van der Waals surface area contributed by atoms with E-state index in [1.165, 1.54) is 6.92 Å². The molecule has 9 unspecified atom stereocenters. The molecular weight excluding hydrogens is 882 g/mol. The van der Waals surface area contributed by atoms with E-state index in [9.17, 15) is 75.0 Å². The molecule has 16 atom stereocenters. The highest BCUT2D eigenvalue weighted by molar-refractivity contribution is 5.94. The molecule has 3 fully saturated rings. The molecule has 0 aromatic heterocycles. The van der Waals surface area contributed by atoms with Crippen molar-refractivity contribution in [2.45, 2.75) is 144 Å². The third kappa shape index (κ3) is 14.1. The van der Waals surface area contributed by atoms with Crippen LogP contribution in [-0.4, -0.2) is 218 Å². The Morgan fingerprint density at radius 1 is 0.894 bits per heavy atom. The fourth-order valence-electron chi connectivity index (χ4n) is 7.99. The summed E-state index contributed by atoms with van der Waals surface area (Å²) in [5.41, 5.74) is 1.63. The summed E-state index contributed by atoms with van der Waals surface area (Å²) in [5, 5.41) is 114. The SMILES string of the molecule is CCc1ccc(C(=O)NCCCOCCC(=O)NCC(=O)CC2C(O)CC(O[C@@H]3[C@H](O)C(O[C@@H]4[C@H](NC(C)=O)C(C)OC(CO)[C@@H]4O)OC(CO)[C@@H]3O)(C(=O)O)OC2C(O)[C@H](O)CO)cc1. The molecule has 0 bridgehead atoms. The first-order valence-corrected chi connectivity index (χ1v) is 21.8. The quantitative estimate of drug-likeness (QED) is 0.0431. The third-order valence-corrected chi connectivity index (χ3v) is 11.7. The van der Waals surface area contributed by atoms with Gasteiger partial charge >= 0.3 is 5.97 Å². The van der Waals surface area contributed by atoms with E-state index in [4.69, 9.17) is 28.4 Å². The van der Waals surface area contributed by atoms with Gasteiger partial charge in [-0.2, -0.15) is 0 Å². The van der Waals surface area contributed by atoms with Gasteiger partial charge in [0.2, 0.25) is 11.8 Å². The minimum Gasteiger partial charge on any atom is -0.477 e. The molecule has 3 aliphatic rings. The molecule has 0 aliphatic carbocycles. The fraction of sp³-hybridized carbons (Fsp3) is 0.738. The van der Waals surface area contributed by atoms with Gasteiger partial charge in [0.25, 0.3) is 11.7 Å². The topological polar surface area (TPSA) is 379 Å². The van der Waals surface area contributed by atoms with Gasteiger partial charge in [-0.15, -0.1) is 0 Å². The van der Waals surface area contributed by atoms with Gasteiger partial charge in [-0.3, -0.25) is 19.2 Å². The van der Waals surface area contributed by atoms with Crippen molar-refractivity contribution in [2.75, 3.05) is 46.1 Å². The lowest BCUT2D eigenvalue weighted by atomic mass is 9.80. The van der Waals surface area contributed by atoms with E-state index in [1.54, 1.807) is 12.1 Å². The van der Waals surface area contributed by atoms with Crippen LogP contribution in [0.2, 0.25) is 0 Å². The number of aryl methyl sites for hydroxylation is 1. The van der Waals surface area contributed by atoms with Crippen LogP contribution in [0.5, 0.6) is 0 Å². The van der Waals surface area contributed by atoms with Gasteiger partial charge in [-0.1, -0.05) is 19.1 Å². The van der Waals surface area contributed by atoms with E-state index < -0.39 is 160 Å². The van der Waals surface area contributed by atoms with Crippen LogP contribution in [0.15, 0.2) is 24.3 Å². The van der Waals surface area contributed by atoms with Gasteiger partial charge in [-0.25, -0.2) is 4.79 Å². The number of ether oxygens (including phenoxy) is 6. The molecule has 0 radical (unpaired) electrons. The summed E-state index contributed by atoms with van der Waals surface area (Å²) in [6.07, 6.45) is -24.0. The molecule has 66 heavy (non-hydrogen) atoms. The number of carboxylic acids is 1. The predicted molar refractivity (Wildman–Crippen MR) is 222 cm³/mol. The number of aliphatic carboxylic acids is 1. The number of aliphatic hydroxyl groups excluding tert-OH is 9. The van der Waals surface area contributed by atoms with Crippen molar-refractivity contribution in [3.05, 3.63) is 35.4 Å². The molecule has 3 heterocycles. The molecular formula is C42H65N3O21. The van der Waals surface area contributed by atoms with E-state index >= 15 is 0 Å². The van der Waals surface area contributed by atoms with Gasteiger partial charge in [0, 0.05) is 50.8 Å². The van der Waals surface area contributed by atoms with Gasteiger partial charge < -0.3 is 95.4 Å². The molecule has 4 rings (SSSR count). The summed E-state index contributed by atoms with van der Waals surface area (Å²) in [6.45, 7) is 1.83. The lowest BCUT2D eigenvalue weighted by Gasteiger charge is -2.51. The number of Topliss-reactive ketones (excluding diaryl/α,β-unsaturated/α-hetero) is 1. The van der Waals surface area contributed by atoms with Crippen LogP contribution in [0.3, 0.4) is 0 Å². The summed E-state index contributed by atoms with van der Waals surface area (Å²) < 4.78 is 34.0. The number of aliphatic hydroxyl groups is 9. The molecule has 24 heteroatoms. The van der Waals surface area contributed by atoms with Crippen molar-refractivity contribution >= 4 is 29.5 Å². The zero-order valence-corrected chi connectivity index (χ0v) is 36.9. The molecule has 13 N–H and O–H groups in total. The molecule has 0 spiro atoms. The largest absolute Gasteiger partial charge is 0.477 e. The second-order valence-corrected chi connectivity index (χ2v) is 16.5. The first-order chi connectivity index (χ1) is 31.3. The summed E-state index contributed by atoms with van der Waals surface area (Å²) in [4.78, 5) is 63.1. The number of hydrogen-bond acceptors (Lipinski definition) is 20. The number of hydrogen-bond donors (Lipinski definition) is 13. The number of amides is 3. The molecule has 1 aromatic carbocycles. The minimum absolute atomic E-state index is 0.0207. The zero-order valence-electron chi connectivity index (χ0n) is 36.9. The molecule has 3 amide bonds. The number of carboxylic acid groups (broad SMARTS) is 1. The number of rotatable bonds is 24. The van der Waals surface area contributed by atoms with Crippen LogP contribution < -0.4 is 16.0 Å². The van der Waals surface area contributed by atoms with Gasteiger partial charge in [0.05, 0.1) is 57.3 Å². The van der Waals surface area contributed by atoms with Crippen molar-refractivity contribution in [2.24, 2.45) is 5.92 Å². The smallest absolute Gasteiger partial charge is 0.364 e. The van der Waals surface area contributed by atoms with Crippen LogP contribution in [0, 0.1) is 5.92 Å². The average molecular weight is 948 g/mol. The summed E-state index contributed by atoms with van der Waals surface area (Å²) in [7, 11) is 0. The number of ketones is 1. The third-order valence-electron chi connectivity index (χ3n) is 11.7. The average Bonchev–Trinajstić information content (AvgIpc) is 3.29. The maximum atomic E-state index is 13.2. The van der Waals surface area contributed by atoms with Crippen molar-refractivity contribution in [1.82, 2.24) is 16.0 Å². The Morgan fingerprint density at radius 3 is 2.15 bits per heavy atom. The van der Waals surface area contributed by atoms with Crippen molar-refractivity contribution in [3.63, 3.8) is 0 Å². The number of benzene rings is 1. The zero-order chi connectivity index (χ0) is 48.9. The Morgan fingerprint density at radius 2 is 1.55 bits per heavy atom. The summed E-state index contributed by atoms with van der Waals surface area (Å²) >= 11 is 0. The Balaban J connectivity index is 1.39. The Kier molecular flexibility index (Phi) is 21.2. The molecule has 1 aromatic rings. The molecule has 3 saturated heterocycles. The summed E-state index contributed by atoms with van der Waals surface area (Å²) in [6, 6.07) is 6.10. The number of nitrogens with one attached hydrogen (secondary N) is 3. The predicted octanol–water partition coefficient (Wildman–Crippen LogP) is -5.03. The lowest BCUT2D eigenvalue weighted by Crippen LogP contribution is -2.69. The van der Waals surface area contributed by atoms with E-state index in [-0.39, 0.29) is 25.5 Å². The molecule has 3 aliphatic heterocycles. The van der Waals surface area contributed by atoms with E-state index in [0.717, 1.165) is 18.9 Å². The van der Waals surface area contributed by atoms with Crippen LogP contribution in [0.4, 0.5) is 0 Å². The highest BCUT2D eigenvalue weighted by Gasteiger charge is 2.60. The number of carbonyl (C=O) groups is 5. The van der Waals surface area contributed by atoms with Gasteiger partial charge in [0.15, 0.2) is 12.1 Å². The van der Waals surface area contributed by atoms with E-state index in [0.29, 0.717) is 18.5 Å². The van der Waals surface area contributed by atoms with Gasteiger partial charge in [0.1, 0.15) is 54.9 Å². The Hall–Kier alpha value is -3.83. The second kappa shape index (κ2) is 25.5. The first kappa shape index (κ1) is 54.8. The van der Waals surface area contributed by atoms with Crippen LogP contribution in [0.1, 0.15) is 62.4 Å². The van der Waals surface area contributed by atoms with E-state index in [2.05, 4.69) is 16.0 Å². The molecule has 374 valence electrons. The maximum Gasteiger partial charge on any atom is 0.364 e. The van der Waals surface area contributed by atoms with Crippen molar-refractivity contribution in [3.8, 4) is 0 Å². The van der Waals surface area contributed by atoms with Crippen LogP contribution in [0.25, 0.3) is 0 Å². The van der Waals surface area contributed by atoms with Gasteiger partial charge in [-0.05, 0) is 37.5 Å². The Bertz CT molecular complexity index is 1740. The summed E-state index contributed by atoms with van der Waals surface area (Å²) in [5.74, 6) is -8.73. The standard InChI is InChI=1S/C42H65N3O21/c1-4-22-6-8-23(9-7-22)39(58)43-11-5-12-61-13-10-30(53)44-16-24(50)14-25-26(51)15-42(41(59)60,65-36(25)32(54)27(52)17-46)66-38-34(56)29(19-48)63-40(35(38)57)64-37-31(45-21(3)49)20(2)62-28(18-47)33(37)55/h6-9,20,25-29,31-38,40,46-48,51-52,54-57H,4-5,10-19H2,1-3H3,(H,43,58)(H,44,53)(H,45,49)(H,59,60)/t20?,25?,26?,27-,28?,29?,31-,32?,33+,34+,35+,36?,37-,38+,40?,42?/m1/s1. The van der Waals surface area contributed by atoms with Crippen molar-refractivity contribution in [1.29, 1.82) is 0 Å². The van der Waals surface area contributed by atoms with Crippen molar-refractivity contribution < 1.29 is 103 Å². The monoisotopic (exact) mass is 947 g/mol. The molecule has 24 nitrogen and oxygen atoms in total. The van der Waals surface area contributed by atoms with E-state index in [1.807, 2.05) is 19.1 Å². The maximum absolute atomic E-state index is 13.2. The lowest BCUT2D eigenvalue weighted by molar-refractivity contribution is -0.381. The second-order valence-electron chi connectivity index (χ2n) is 16.5. The normalized spacial score (nSPS) is 33.3. The number of carbonyl (C=O) groups excluding carboxylic acids is 4. The fourth-order valence-corrected chi connectivity index (χ4v) is 7.99. The minimum atomic E-state index is -3.10. The highest BCUT2D eigenvalue weighted by atomic mass is 16.8.